The first-order chi connectivity index (χ1) is 12.5. The van der Waals surface area contributed by atoms with Gasteiger partial charge in [-0.1, -0.05) is 29.5 Å². The van der Waals surface area contributed by atoms with E-state index in [1.54, 1.807) is 18.2 Å². The third-order valence-corrected chi connectivity index (χ3v) is 4.78. The van der Waals surface area contributed by atoms with E-state index in [1.807, 2.05) is 25.1 Å². The maximum absolute atomic E-state index is 12.7. The molecular weight excluding hydrogens is 354 g/mol. The number of aliphatic hydroxyl groups excluding tert-OH is 1. The molecule has 0 saturated carbocycles. The first-order valence-corrected chi connectivity index (χ1v) is 8.71. The number of fused-ring (bicyclic) bond motifs is 1. The second-order valence-corrected chi connectivity index (χ2v) is 6.70. The number of aliphatic hydroxyl groups is 1. The van der Waals surface area contributed by atoms with Gasteiger partial charge in [-0.05, 0) is 42.7 Å². The lowest BCUT2D eigenvalue weighted by atomic mass is 10.0. The van der Waals surface area contributed by atoms with E-state index in [1.165, 1.54) is 0 Å². The van der Waals surface area contributed by atoms with Gasteiger partial charge in [-0.25, -0.2) is 9.78 Å². The number of nitrogens with one attached hydrogen (secondary N) is 2. The van der Waals surface area contributed by atoms with Gasteiger partial charge in [0.2, 0.25) is 0 Å². The number of amides is 2. The van der Waals surface area contributed by atoms with Crippen LogP contribution in [0.3, 0.4) is 0 Å². The lowest BCUT2D eigenvalue weighted by Gasteiger charge is -2.13. The summed E-state index contributed by atoms with van der Waals surface area (Å²) < 4.78 is 0.710. The molecule has 134 valence electrons. The number of carbonyl (C=O) groups excluding carboxylic acids is 1. The number of anilines is 2. The van der Waals surface area contributed by atoms with E-state index in [-0.39, 0.29) is 17.6 Å². The number of para-hydroxylation sites is 1. The number of rotatable bonds is 5. The van der Waals surface area contributed by atoms with Crippen molar-refractivity contribution in [3.05, 3.63) is 53.1 Å². The van der Waals surface area contributed by atoms with Crippen molar-refractivity contribution in [3.8, 4) is 0 Å². The van der Waals surface area contributed by atoms with Crippen LogP contribution in [0.2, 0.25) is 0 Å². The van der Waals surface area contributed by atoms with Crippen molar-refractivity contribution in [1.82, 2.24) is 4.98 Å². The minimum Gasteiger partial charge on any atom is -0.465 e. The quantitative estimate of drug-likeness (QED) is 0.549. The number of aryl methyl sites for hydroxylation is 1. The van der Waals surface area contributed by atoms with Gasteiger partial charge in [-0.3, -0.25) is 10.1 Å². The Bertz CT molecular complexity index is 984. The number of aromatic nitrogens is 1. The molecular formula is C18H17N3O4S. The topological polar surface area (TPSA) is 112 Å². The normalized spacial score (nSPS) is 10.7. The Hall–Kier alpha value is -2.97. The predicted octanol–water partition coefficient (Wildman–Crippen LogP) is 3.48. The molecule has 2 aromatic carbocycles. The van der Waals surface area contributed by atoms with Crippen molar-refractivity contribution in [2.45, 2.75) is 13.3 Å². The van der Waals surface area contributed by atoms with Crippen LogP contribution in [-0.2, 0) is 6.42 Å². The van der Waals surface area contributed by atoms with Gasteiger partial charge in [0.1, 0.15) is 0 Å². The van der Waals surface area contributed by atoms with Crippen LogP contribution in [0.15, 0.2) is 36.4 Å². The smallest absolute Gasteiger partial charge is 0.410 e. The van der Waals surface area contributed by atoms with Crippen LogP contribution in [0.1, 0.15) is 21.5 Å². The maximum Gasteiger partial charge on any atom is 0.410 e. The van der Waals surface area contributed by atoms with Crippen LogP contribution in [0.25, 0.3) is 10.2 Å². The van der Waals surface area contributed by atoms with Crippen molar-refractivity contribution in [2.75, 3.05) is 17.2 Å². The van der Waals surface area contributed by atoms with Crippen LogP contribution in [0, 0.1) is 6.92 Å². The van der Waals surface area contributed by atoms with E-state index < -0.39 is 6.09 Å². The number of benzene rings is 2. The highest BCUT2D eigenvalue weighted by molar-refractivity contribution is 7.22. The molecule has 7 nitrogen and oxygen atoms in total. The van der Waals surface area contributed by atoms with Gasteiger partial charge >= 0.3 is 6.09 Å². The Balaban J connectivity index is 1.87. The number of carbonyl (C=O) groups is 2. The third-order valence-electron chi connectivity index (χ3n) is 3.84. The van der Waals surface area contributed by atoms with Crippen LogP contribution in [-0.4, -0.2) is 33.8 Å². The number of nitrogens with zero attached hydrogens (tertiary/aromatic N) is 1. The molecule has 0 radical (unpaired) electrons. The fourth-order valence-electron chi connectivity index (χ4n) is 2.63. The average molecular weight is 371 g/mol. The third kappa shape index (κ3) is 3.81. The molecule has 0 spiro atoms. The molecule has 26 heavy (non-hydrogen) atoms. The standard InChI is InChI=1S/C18H17N3O4S/c1-10-3-2-4-11(7-8-22)15(10)20-16(23)12-5-6-13-14(9-12)26-17(19-13)21-18(24)25/h2-6,9,22H,7-8H2,1H3,(H,19,21)(H,20,23)(H,24,25). The first-order valence-electron chi connectivity index (χ1n) is 7.89. The zero-order valence-corrected chi connectivity index (χ0v) is 14.8. The Kier molecular flexibility index (Phi) is 5.15. The van der Waals surface area contributed by atoms with Crippen LogP contribution < -0.4 is 10.6 Å². The number of thiazole rings is 1. The number of hydrogen-bond acceptors (Lipinski definition) is 5. The zero-order valence-electron chi connectivity index (χ0n) is 13.9. The van der Waals surface area contributed by atoms with E-state index in [0.717, 1.165) is 22.5 Å². The van der Waals surface area contributed by atoms with Crippen molar-refractivity contribution in [1.29, 1.82) is 0 Å². The molecule has 8 heteroatoms. The molecule has 1 aromatic heterocycles. The molecule has 0 atom stereocenters. The number of carboxylic acid groups (broad SMARTS) is 1. The van der Waals surface area contributed by atoms with Gasteiger partial charge in [-0.2, -0.15) is 0 Å². The molecule has 0 saturated heterocycles. The van der Waals surface area contributed by atoms with Gasteiger partial charge < -0.3 is 15.5 Å². The Morgan fingerprint density at radius 2 is 2.00 bits per heavy atom. The van der Waals surface area contributed by atoms with Crippen molar-refractivity contribution >= 4 is 44.4 Å². The van der Waals surface area contributed by atoms with Crippen molar-refractivity contribution in [2.24, 2.45) is 0 Å². The van der Waals surface area contributed by atoms with Gasteiger partial charge in [0.25, 0.3) is 5.91 Å². The molecule has 4 N–H and O–H groups in total. The molecule has 0 unspecified atom stereocenters. The molecule has 0 aliphatic heterocycles. The molecule has 2 amide bonds. The van der Waals surface area contributed by atoms with E-state index in [4.69, 9.17) is 5.11 Å². The molecule has 1 heterocycles. The van der Waals surface area contributed by atoms with Gasteiger partial charge in [0, 0.05) is 17.9 Å². The molecule has 0 aliphatic rings. The zero-order chi connectivity index (χ0) is 18.7. The van der Waals surface area contributed by atoms with Crippen molar-refractivity contribution in [3.63, 3.8) is 0 Å². The summed E-state index contributed by atoms with van der Waals surface area (Å²) in [6.07, 6.45) is -0.729. The summed E-state index contributed by atoms with van der Waals surface area (Å²) in [6.45, 7) is 1.89. The summed E-state index contributed by atoms with van der Waals surface area (Å²) in [5, 5.41) is 23.3. The second-order valence-electron chi connectivity index (χ2n) is 5.67. The minimum atomic E-state index is -1.18. The highest BCUT2D eigenvalue weighted by Crippen LogP contribution is 2.28. The molecule has 3 aromatic rings. The van der Waals surface area contributed by atoms with Crippen LogP contribution >= 0.6 is 11.3 Å². The Morgan fingerprint density at radius 1 is 1.19 bits per heavy atom. The van der Waals surface area contributed by atoms with Gasteiger partial charge in [-0.15, -0.1) is 0 Å². The van der Waals surface area contributed by atoms with Gasteiger partial charge in [0.05, 0.1) is 10.2 Å². The summed E-state index contributed by atoms with van der Waals surface area (Å²) in [5.74, 6) is -0.276. The predicted molar refractivity (Wildman–Crippen MR) is 101 cm³/mol. The fourth-order valence-corrected chi connectivity index (χ4v) is 3.53. The number of hydrogen-bond donors (Lipinski definition) is 4. The summed E-state index contributed by atoms with van der Waals surface area (Å²) in [5.41, 5.74) is 3.54. The molecule has 0 fully saturated rings. The van der Waals surface area contributed by atoms with E-state index in [0.29, 0.717) is 27.9 Å². The Morgan fingerprint density at radius 3 is 2.73 bits per heavy atom. The summed E-state index contributed by atoms with van der Waals surface area (Å²) in [6, 6.07) is 10.7. The monoisotopic (exact) mass is 371 g/mol. The fraction of sp³-hybridized carbons (Fsp3) is 0.167. The van der Waals surface area contributed by atoms with Gasteiger partial charge in [0.15, 0.2) is 5.13 Å². The van der Waals surface area contributed by atoms with Crippen LogP contribution in [0.5, 0.6) is 0 Å². The average Bonchev–Trinajstić information content (AvgIpc) is 2.98. The first kappa shape index (κ1) is 17.8. The second kappa shape index (κ2) is 7.51. The maximum atomic E-state index is 12.7. The van der Waals surface area contributed by atoms with E-state index in [2.05, 4.69) is 15.6 Å². The molecule has 0 aliphatic carbocycles. The minimum absolute atomic E-state index is 0.00149. The lowest BCUT2D eigenvalue weighted by molar-refractivity contribution is 0.102. The lowest BCUT2D eigenvalue weighted by Crippen LogP contribution is -2.14. The largest absolute Gasteiger partial charge is 0.465 e. The summed E-state index contributed by atoms with van der Waals surface area (Å²) in [4.78, 5) is 27.5. The molecule has 0 bridgehead atoms. The highest BCUT2D eigenvalue weighted by Gasteiger charge is 2.13. The SMILES string of the molecule is Cc1cccc(CCO)c1NC(=O)c1ccc2nc(NC(=O)O)sc2c1. The Labute approximate surface area is 153 Å². The van der Waals surface area contributed by atoms with Crippen LogP contribution in [0.4, 0.5) is 15.6 Å². The van der Waals surface area contributed by atoms with Crippen molar-refractivity contribution < 1.29 is 19.8 Å². The molecule has 3 rings (SSSR count). The summed E-state index contributed by atoms with van der Waals surface area (Å²) >= 11 is 1.16. The van der Waals surface area contributed by atoms with E-state index >= 15 is 0 Å². The summed E-state index contributed by atoms with van der Waals surface area (Å²) in [7, 11) is 0. The highest BCUT2D eigenvalue weighted by atomic mass is 32.1. The van der Waals surface area contributed by atoms with E-state index in [9.17, 15) is 14.7 Å².